The summed E-state index contributed by atoms with van der Waals surface area (Å²) in [5, 5.41) is 0. The quantitative estimate of drug-likeness (QED) is 0.558. The molecule has 0 nitrogen and oxygen atoms in total. The maximum Gasteiger partial charge on any atom is -0.0392 e. The van der Waals surface area contributed by atoms with Crippen molar-refractivity contribution in [2.45, 2.75) is 34.6 Å². The molecule has 72 valence electrons. The lowest BCUT2D eigenvalue weighted by atomic mass is 10.0. The van der Waals surface area contributed by atoms with Crippen LogP contribution in [0.25, 0.3) is 0 Å². The Hall–Kier alpha value is -1.04. The summed E-state index contributed by atoms with van der Waals surface area (Å²) in [7, 11) is 0. The van der Waals surface area contributed by atoms with Gasteiger partial charge in [0.1, 0.15) is 0 Å². The van der Waals surface area contributed by atoms with Crippen LogP contribution in [0.5, 0.6) is 0 Å². The lowest BCUT2D eigenvalue weighted by Gasteiger charge is -2.03. The fourth-order valence-corrected chi connectivity index (χ4v) is 1.05. The molecular formula is C13H20. The normalized spacial score (nSPS) is 15.6. The average molecular weight is 176 g/mol. The zero-order chi connectivity index (χ0) is 10.3. The van der Waals surface area contributed by atoms with Crippen LogP contribution < -0.4 is 0 Å². The molecule has 0 aliphatic heterocycles. The molecule has 0 spiro atoms. The Morgan fingerprint density at radius 3 is 2.00 bits per heavy atom. The van der Waals surface area contributed by atoms with E-state index in [1.54, 1.807) is 0 Å². The molecule has 0 N–H and O–H groups in total. The first-order valence-corrected chi connectivity index (χ1v) is 4.73. The van der Waals surface area contributed by atoms with Gasteiger partial charge in [-0.2, -0.15) is 0 Å². The van der Waals surface area contributed by atoms with Crippen LogP contribution in [0.4, 0.5) is 0 Å². The van der Waals surface area contributed by atoms with E-state index in [9.17, 15) is 0 Å². The lowest BCUT2D eigenvalue weighted by molar-refractivity contribution is 1.27. The summed E-state index contributed by atoms with van der Waals surface area (Å²) in [4.78, 5) is 0. The predicted molar refractivity (Wildman–Crippen MR) is 61.8 cm³/mol. The third-order valence-corrected chi connectivity index (χ3v) is 2.14. The molecule has 0 aliphatic carbocycles. The van der Waals surface area contributed by atoms with Gasteiger partial charge in [0.05, 0.1) is 0 Å². The van der Waals surface area contributed by atoms with Crippen molar-refractivity contribution in [1.82, 2.24) is 0 Å². The zero-order valence-corrected chi connectivity index (χ0v) is 9.39. The van der Waals surface area contributed by atoms with E-state index in [2.05, 4.69) is 45.1 Å². The van der Waals surface area contributed by atoms with E-state index in [0.29, 0.717) is 0 Å². The predicted octanol–water partition coefficient (Wildman–Crippen LogP) is 4.42. The van der Waals surface area contributed by atoms with Gasteiger partial charge >= 0.3 is 0 Å². The van der Waals surface area contributed by atoms with E-state index in [0.717, 1.165) is 0 Å². The molecular weight excluding hydrogens is 156 g/mol. The van der Waals surface area contributed by atoms with E-state index in [1.807, 2.05) is 19.9 Å². The summed E-state index contributed by atoms with van der Waals surface area (Å²) in [5.41, 5.74) is 4.02. The molecule has 0 amide bonds. The first-order chi connectivity index (χ1) is 6.13. The lowest BCUT2D eigenvalue weighted by Crippen LogP contribution is -1.83. The zero-order valence-electron chi connectivity index (χ0n) is 9.39. The number of rotatable bonds is 3. The first kappa shape index (κ1) is 12.0. The second kappa shape index (κ2) is 6.47. The molecule has 0 saturated carbocycles. The van der Waals surface area contributed by atoms with Crippen molar-refractivity contribution >= 4 is 0 Å². The Morgan fingerprint density at radius 1 is 0.923 bits per heavy atom. The Balaban J connectivity index is 4.76. The van der Waals surface area contributed by atoms with Crippen molar-refractivity contribution in [2.75, 3.05) is 0 Å². The third kappa shape index (κ3) is 4.51. The van der Waals surface area contributed by atoms with Crippen molar-refractivity contribution in [3.63, 3.8) is 0 Å². The molecule has 0 aliphatic rings. The SMILES string of the molecule is CC=CC=C(C)C(C)=C(C)C=CC. The van der Waals surface area contributed by atoms with Crippen molar-refractivity contribution in [2.24, 2.45) is 0 Å². The standard InChI is InChI=1S/C13H20/c1-6-8-10-12(4)13(5)11(3)9-7-2/h6-10H,1-5H3. The molecule has 0 heteroatoms. The fraction of sp³-hybridized carbons (Fsp3) is 0.385. The van der Waals surface area contributed by atoms with Crippen LogP contribution in [0, 0.1) is 0 Å². The highest BCUT2D eigenvalue weighted by Crippen LogP contribution is 2.14. The highest BCUT2D eigenvalue weighted by Gasteiger charge is 1.94. The molecule has 0 aromatic carbocycles. The Bertz CT molecular complexity index is 260. The van der Waals surface area contributed by atoms with Crippen LogP contribution in [0.3, 0.4) is 0 Å². The number of hydrogen-bond donors (Lipinski definition) is 0. The summed E-state index contributed by atoms with van der Waals surface area (Å²) in [6.45, 7) is 10.5. The van der Waals surface area contributed by atoms with Crippen LogP contribution in [-0.4, -0.2) is 0 Å². The van der Waals surface area contributed by atoms with Crippen LogP contribution in [0.15, 0.2) is 47.1 Å². The second-order valence-electron chi connectivity index (χ2n) is 3.18. The van der Waals surface area contributed by atoms with Gasteiger partial charge in [0, 0.05) is 0 Å². The maximum atomic E-state index is 2.16. The Labute approximate surface area is 82.4 Å². The van der Waals surface area contributed by atoms with Crippen LogP contribution in [0.1, 0.15) is 34.6 Å². The third-order valence-electron chi connectivity index (χ3n) is 2.14. The molecule has 13 heavy (non-hydrogen) atoms. The molecule has 0 aromatic rings. The summed E-state index contributed by atoms with van der Waals surface area (Å²) in [5.74, 6) is 0. The largest absolute Gasteiger partial charge is 0.0877 e. The Morgan fingerprint density at radius 2 is 1.54 bits per heavy atom. The number of allylic oxidation sites excluding steroid dienone is 8. The van der Waals surface area contributed by atoms with Gasteiger partial charge in [0.25, 0.3) is 0 Å². The molecule has 0 unspecified atom stereocenters. The maximum absolute atomic E-state index is 2.16. The van der Waals surface area contributed by atoms with E-state index < -0.39 is 0 Å². The van der Waals surface area contributed by atoms with Gasteiger partial charge in [-0.1, -0.05) is 30.4 Å². The minimum Gasteiger partial charge on any atom is -0.0877 e. The van der Waals surface area contributed by atoms with Crippen molar-refractivity contribution in [3.8, 4) is 0 Å². The summed E-state index contributed by atoms with van der Waals surface area (Å²) >= 11 is 0. The molecule has 0 rings (SSSR count). The van der Waals surface area contributed by atoms with Crippen LogP contribution in [0.2, 0.25) is 0 Å². The highest BCUT2D eigenvalue weighted by atomic mass is 14.0. The fourth-order valence-electron chi connectivity index (χ4n) is 1.05. The Kier molecular flexibility index (Phi) is 5.96. The average Bonchev–Trinajstić information content (AvgIpc) is 2.13. The molecule has 0 heterocycles. The first-order valence-electron chi connectivity index (χ1n) is 4.73. The second-order valence-corrected chi connectivity index (χ2v) is 3.18. The van der Waals surface area contributed by atoms with Gasteiger partial charge in [-0.3, -0.25) is 0 Å². The topological polar surface area (TPSA) is 0 Å². The van der Waals surface area contributed by atoms with E-state index in [4.69, 9.17) is 0 Å². The molecule has 0 radical (unpaired) electrons. The van der Waals surface area contributed by atoms with Crippen molar-refractivity contribution < 1.29 is 0 Å². The summed E-state index contributed by atoms with van der Waals surface area (Å²) in [6.07, 6.45) is 10.5. The summed E-state index contributed by atoms with van der Waals surface area (Å²) in [6, 6.07) is 0. The molecule has 0 atom stereocenters. The van der Waals surface area contributed by atoms with E-state index in [-0.39, 0.29) is 0 Å². The van der Waals surface area contributed by atoms with E-state index >= 15 is 0 Å². The molecule has 0 fully saturated rings. The van der Waals surface area contributed by atoms with Gasteiger partial charge in [-0.15, -0.1) is 0 Å². The number of hydrogen-bond acceptors (Lipinski definition) is 0. The molecule has 0 aromatic heterocycles. The van der Waals surface area contributed by atoms with Crippen LogP contribution in [-0.2, 0) is 0 Å². The molecule has 0 bridgehead atoms. The van der Waals surface area contributed by atoms with Crippen LogP contribution >= 0.6 is 0 Å². The minimum absolute atomic E-state index is 1.33. The van der Waals surface area contributed by atoms with Crippen molar-refractivity contribution in [1.29, 1.82) is 0 Å². The van der Waals surface area contributed by atoms with Gasteiger partial charge in [-0.25, -0.2) is 0 Å². The van der Waals surface area contributed by atoms with E-state index in [1.165, 1.54) is 16.7 Å². The molecule has 0 saturated heterocycles. The minimum atomic E-state index is 1.33. The van der Waals surface area contributed by atoms with Gasteiger partial charge < -0.3 is 0 Å². The van der Waals surface area contributed by atoms with Gasteiger partial charge in [-0.05, 0) is 51.3 Å². The van der Waals surface area contributed by atoms with Gasteiger partial charge in [0.15, 0.2) is 0 Å². The highest BCUT2D eigenvalue weighted by molar-refractivity contribution is 5.37. The van der Waals surface area contributed by atoms with Gasteiger partial charge in [0.2, 0.25) is 0 Å². The van der Waals surface area contributed by atoms with Crippen molar-refractivity contribution in [3.05, 3.63) is 47.1 Å². The smallest absolute Gasteiger partial charge is 0.0392 e. The monoisotopic (exact) mass is 176 g/mol. The summed E-state index contributed by atoms with van der Waals surface area (Å²) < 4.78 is 0.